The van der Waals surface area contributed by atoms with Crippen molar-refractivity contribution in [1.82, 2.24) is 10.2 Å². The van der Waals surface area contributed by atoms with E-state index < -0.39 is 14.9 Å². The Balaban J connectivity index is 2.37. The minimum atomic E-state index is -3.46. The number of nitrogens with one attached hydrogen (secondary N) is 1. The van der Waals surface area contributed by atoms with Crippen molar-refractivity contribution in [3.05, 3.63) is 0 Å². The van der Waals surface area contributed by atoms with Crippen molar-refractivity contribution in [2.75, 3.05) is 26.2 Å². The maximum Gasteiger partial charge on any atom is 0.229 e. The minimum absolute atomic E-state index is 0.478. The SMILES string of the molecule is NS(=O)(=O)C12CCCN1CCNC2. The first kappa shape index (κ1) is 9.39. The average molecular weight is 205 g/mol. The first-order valence-electron chi connectivity index (χ1n) is 4.54. The summed E-state index contributed by atoms with van der Waals surface area (Å²) in [6, 6.07) is 0. The Morgan fingerprint density at radius 1 is 1.38 bits per heavy atom. The van der Waals surface area contributed by atoms with Crippen LogP contribution in [-0.2, 0) is 10.0 Å². The topological polar surface area (TPSA) is 75.4 Å². The summed E-state index contributed by atoms with van der Waals surface area (Å²) in [5, 5.41) is 8.38. The molecule has 2 aliphatic rings. The Labute approximate surface area is 78.3 Å². The number of piperazine rings is 1. The van der Waals surface area contributed by atoms with Gasteiger partial charge in [0.05, 0.1) is 0 Å². The highest BCUT2D eigenvalue weighted by Gasteiger charge is 2.50. The lowest BCUT2D eigenvalue weighted by Gasteiger charge is -2.40. The Morgan fingerprint density at radius 3 is 2.77 bits per heavy atom. The molecule has 76 valence electrons. The van der Waals surface area contributed by atoms with E-state index in [1.807, 2.05) is 4.90 Å². The van der Waals surface area contributed by atoms with Gasteiger partial charge in [-0.2, -0.15) is 0 Å². The summed E-state index contributed by atoms with van der Waals surface area (Å²) in [7, 11) is -3.46. The molecule has 13 heavy (non-hydrogen) atoms. The maximum absolute atomic E-state index is 11.5. The number of sulfonamides is 1. The molecule has 2 rings (SSSR count). The summed E-state index contributed by atoms with van der Waals surface area (Å²) in [6.07, 6.45) is 1.59. The lowest BCUT2D eigenvalue weighted by molar-refractivity contribution is 0.174. The van der Waals surface area contributed by atoms with Crippen LogP contribution in [0, 0.1) is 0 Å². The lowest BCUT2D eigenvalue weighted by Crippen LogP contribution is -2.63. The van der Waals surface area contributed by atoms with E-state index in [2.05, 4.69) is 5.32 Å². The smallest absolute Gasteiger partial charge is 0.229 e. The normalized spacial score (nSPS) is 36.1. The molecule has 0 saturated carbocycles. The number of hydrogen-bond donors (Lipinski definition) is 2. The summed E-state index contributed by atoms with van der Waals surface area (Å²) in [5.41, 5.74) is 0. The second kappa shape index (κ2) is 2.91. The lowest BCUT2D eigenvalue weighted by atomic mass is 10.2. The van der Waals surface area contributed by atoms with Gasteiger partial charge in [-0.25, -0.2) is 13.6 Å². The summed E-state index contributed by atoms with van der Waals surface area (Å²) in [5.74, 6) is 0. The average Bonchev–Trinajstić information content (AvgIpc) is 2.46. The molecule has 5 nitrogen and oxygen atoms in total. The van der Waals surface area contributed by atoms with Crippen molar-refractivity contribution in [2.45, 2.75) is 17.7 Å². The second-order valence-electron chi connectivity index (χ2n) is 3.76. The molecular weight excluding hydrogens is 190 g/mol. The van der Waals surface area contributed by atoms with Crippen LogP contribution in [0.5, 0.6) is 0 Å². The van der Waals surface area contributed by atoms with Crippen molar-refractivity contribution < 1.29 is 8.42 Å². The first-order chi connectivity index (χ1) is 6.06. The number of fused-ring (bicyclic) bond motifs is 1. The maximum atomic E-state index is 11.5. The van der Waals surface area contributed by atoms with Crippen LogP contribution < -0.4 is 10.5 Å². The van der Waals surface area contributed by atoms with Gasteiger partial charge in [0.2, 0.25) is 10.0 Å². The molecule has 0 aromatic heterocycles. The summed E-state index contributed by atoms with van der Waals surface area (Å²) >= 11 is 0. The Kier molecular flexibility index (Phi) is 2.10. The predicted octanol–water partition coefficient (Wildman–Crippen LogP) is -1.33. The Morgan fingerprint density at radius 2 is 2.15 bits per heavy atom. The van der Waals surface area contributed by atoms with Crippen LogP contribution in [-0.4, -0.2) is 44.4 Å². The second-order valence-corrected chi connectivity index (χ2v) is 5.61. The molecule has 1 atom stereocenters. The predicted molar refractivity (Wildman–Crippen MR) is 49.5 cm³/mol. The van der Waals surface area contributed by atoms with Gasteiger partial charge in [-0.15, -0.1) is 0 Å². The molecule has 0 aromatic carbocycles. The summed E-state index contributed by atoms with van der Waals surface area (Å²) in [4.78, 5) is 1.20. The fourth-order valence-electron chi connectivity index (χ4n) is 2.34. The van der Waals surface area contributed by atoms with Crippen LogP contribution >= 0.6 is 0 Å². The highest BCUT2D eigenvalue weighted by molar-refractivity contribution is 7.90. The van der Waals surface area contributed by atoms with E-state index >= 15 is 0 Å². The molecule has 0 radical (unpaired) electrons. The summed E-state index contributed by atoms with van der Waals surface area (Å²) in [6.45, 7) is 2.98. The van der Waals surface area contributed by atoms with Crippen LogP contribution in [0.2, 0.25) is 0 Å². The molecule has 2 fully saturated rings. The third-order valence-electron chi connectivity index (χ3n) is 3.06. The molecule has 0 bridgehead atoms. The number of hydrogen-bond acceptors (Lipinski definition) is 4. The highest BCUT2D eigenvalue weighted by atomic mass is 32.2. The van der Waals surface area contributed by atoms with Gasteiger partial charge in [0.1, 0.15) is 0 Å². The molecule has 0 spiro atoms. The van der Waals surface area contributed by atoms with Gasteiger partial charge < -0.3 is 5.32 Å². The Hall–Kier alpha value is -0.170. The zero-order chi connectivity index (χ0) is 9.53. The van der Waals surface area contributed by atoms with Crippen molar-refractivity contribution >= 4 is 10.0 Å². The number of nitrogens with zero attached hydrogens (tertiary/aromatic N) is 1. The molecule has 2 heterocycles. The third kappa shape index (κ3) is 1.28. The zero-order valence-corrected chi connectivity index (χ0v) is 8.31. The van der Waals surface area contributed by atoms with E-state index in [1.165, 1.54) is 0 Å². The van der Waals surface area contributed by atoms with Crippen LogP contribution in [0.4, 0.5) is 0 Å². The van der Waals surface area contributed by atoms with Gasteiger partial charge in [-0.1, -0.05) is 0 Å². The fraction of sp³-hybridized carbons (Fsp3) is 1.00. The van der Waals surface area contributed by atoms with E-state index in [0.717, 1.165) is 26.1 Å². The van der Waals surface area contributed by atoms with Crippen molar-refractivity contribution in [2.24, 2.45) is 5.14 Å². The van der Waals surface area contributed by atoms with Crippen LogP contribution in [0.1, 0.15) is 12.8 Å². The van der Waals surface area contributed by atoms with Crippen LogP contribution in [0.25, 0.3) is 0 Å². The molecular formula is C7H15N3O2S. The number of primary sulfonamides is 1. The van der Waals surface area contributed by atoms with Gasteiger partial charge in [0.15, 0.2) is 4.87 Å². The van der Waals surface area contributed by atoms with Gasteiger partial charge in [-0.3, -0.25) is 4.90 Å². The Bertz CT molecular complexity index is 303. The summed E-state index contributed by atoms with van der Waals surface area (Å²) < 4.78 is 23.0. The van der Waals surface area contributed by atoms with E-state index in [0.29, 0.717) is 13.0 Å². The molecule has 1 unspecified atom stereocenters. The van der Waals surface area contributed by atoms with Crippen molar-refractivity contribution in [1.29, 1.82) is 0 Å². The number of rotatable bonds is 1. The highest BCUT2D eigenvalue weighted by Crippen LogP contribution is 2.33. The van der Waals surface area contributed by atoms with Crippen molar-refractivity contribution in [3.8, 4) is 0 Å². The third-order valence-corrected chi connectivity index (χ3v) is 4.73. The van der Waals surface area contributed by atoms with Gasteiger partial charge in [0, 0.05) is 19.6 Å². The van der Waals surface area contributed by atoms with Gasteiger partial charge in [0.25, 0.3) is 0 Å². The minimum Gasteiger partial charge on any atom is -0.312 e. The largest absolute Gasteiger partial charge is 0.312 e. The van der Waals surface area contributed by atoms with Crippen molar-refractivity contribution in [3.63, 3.8) is 0 Å². The van der Waals surface area contributed by atoms with Crippen LogP contribution in [0.3, 0.4) is 0 Å². The standard InChI is InChI=1S/C7H15N3O2S/c8-13(11,12)7-2-1-4-10(7)5-3-9-6-7/h9H,1-6H2,(H2,8,11,12). The molecule has 6 heteroatoms. The quantitative estimate of drug-likeness (QED) is 0.556. The molecule has 0 aromatic rings. The fourth-order valence-corrected chi connectivity index (χ4v) is 3.62. The zero-order valence-electron chi connectivity index (χ0n) is 7.49. The van der Waals surface area contributed by atoms with E-state index in [4.69, 9.17) is 5.14 Å². The van der Waals surface area contributed by atoms with Crippen LogP contribution in [0.15, 0.2) is 0 Å². The molecule has 2 aliphatic heterocycles. The van der Waals surface area contributed by atoms with Gasteiger partial charge >= 0.3 is 0 Å². The molecule has 3 N–H and O–H groups in total. The monoisotopic (exact) mass is 205 g/mol. The van der Waals surface area contributed by atoms with Gasteiger partial charge in [-0.05, 0) is 19.4 Å². The van der Waals surface area contributed by atoms with E-state index in [1.54, 1.807) is 0 Å². The van der Waals surface area contributed by atoms with E-state index in [9.17, 15) is 8.42 Å². The molecule has 2 saturated heterocycles. The van der Waals surface area contributed by atoms with E-state index in [-0.39, 0.29) is 0 Å². The molecule has 0 amide bonds. The molecule has 0 aliphatic carbocycles. The first-order valence-corrected chi connectivity index (χ1v) is 6.09. The number of nitrogens with two attached hydrogens (primary N) is 1.